The highest BCUT2D eigenvalue weighted by molar-refractivity contribution is 6.20. The van der Waals surface area contributed by atoms with Crippen LogP contribution in [0.2, 0.25) is 0 Å². The number of nitrogens with one attached hydrogen (secondary N) is 1. The second-order valence-electron chi connectivity index (χ2n) is 7.26. The molecule has 0 saturated carbocycles. The lowest BCUT2D eigenvalue weighted by molar-refractivity contribution is 0.102. The lowest BCUT2D eigenvalue weighted by atomic mass is 10.1. The summed E-state index contributed by atoms with van der Waals surface area (Å²) in [6, 6.07) is 16.2. The maximum atomic E-state index is 13.3. The van der Waals surface area contributed by atoms with Gasteiger partial charge in [-0.1, -0.05) is 12.1 Å². The minimum atomic E-state index is -0.437. The van der Waals surface area contributed by atoms with Gasteiger partial charge in [-0.3, -0.25) is 9.59 Å². The maximum absolute atomic E-state index is 13.3. The molecule has 0 aliphatic heterocycles. The maximum Gasteiger partial charge on any atom is 0.259 e. The van der Waals surface area contributed by atoms with Gasteiger partial charge in [-0.25, -0.2) is 4.39 Å². The number of aryl methyl sites for hydroxylation is 2. The Kier molecular flexibility index (Phi) is 4.83. The molecule has 6 heteroatoms. The van der Waals surface area contributed by atoms with Crippen LogP contribution in [-0.4, -0.2) is 16.1 Å². The number of halogens is 1. The number of ketones is 1. The smallest absolute Gasteiger partial charge is 0.259 e. The molecule has 2 aromatic carbocycles. The molecule has 2 heterocycles. The van der Waals surface area contributed by atoms with E-state index in [1.54, 1.807) is 28.8 Å². The van der Waals surface area contributed by atoms with E-state index in [2.05, 4.69) is 5.32 Å². The Hall–Kier alpha value is -3.93. The van der Waals surface area contributed by atoms with Crippen molar-refractivity contribution in [3.05, 3.63) is 101 Å². The SMILES string of the molecule is Cc1cc(C)cc(NC(=O)c2c(N)c(C(=O)c3ccc(F)cc3)n3ccccc23)c1. The van der Waals surface area contributed by atoms with Crippen molar-refractivity contribution in [3.8, 4) is 0 Å². The van der Waals surface area contributed by atoms with Gasteiger partial charge in [0, 0.05) is 17.4 Å². The van der Waals surface area contributed by atoms with E-state index in [1.165, 1.54) is 24.3 Å². The van der Waals surface area contributed by atoms with Crippen LogP contribution in [0.15, 0.2) is 66.9 Å². The summed E-state index contributed by atoms with van der Waals surface area (Å²) < 4.78 is 14.9. The molecule has 30 heavy (non-hydrogen) atoms. The van der Waals surface area contributed by atoms with Crippen molar-refractivity contribution >= 4 is 28.6 Å². The van der Waals surface area contributed by atoms with Crippen LogP contribution in [0.3, 0.4) is 0 Å². The molecule has 0 aliphatic rings. The van der Waals surface area contributed by atoms with Crippen molar-refractivity contribution in [2.75, 3.05) is 11.1 Å². The number of carbonyl (C=O) groups excluding carboxylic acids is 2. The van der Waals surface area contributed by atoms with Gasteiger partial charge in [0.15, 0.2) is 0 Å². The summed E-state index contributed by atoms with van der Waals surface area (Å²) in [6.45, 7) is 3.90. The lowest BCUT2D eigenvalue weighted by Crippen LogP contribution is -2.14. The summed E-state index contributed by atoms with van der Waals surface area (Å²) in [5.74, 6) is -1.23. The van der Waals surface area contributed by atoms with Crippen LogP contribution < -0.4 is 11.1 Å². The van der Waals surface area contributed by atoms with Crippen molar-refractivity contribution in [2.45, 2.75) is 13.8 Å². The molecule has 5 nitrogen and oxygen atoms in total. The van der Waals surface area contributed by atoms with Crippen LogP contribution in [0.25, 0.3) is 5.52 Å². The van der Waals surface area contributed by atoms with E-state index < -0.39 is 11.7 Å². The van der Waals surface area contributed by atoms with Gasteiger partial charge < -0.3 is 15.5 Å². The Labute approximate surface area is 173 Å². The summed E-state index contributed by atoms with van der Waals surface area (Å²) in [7, 11) is 0. The first kappa shape index (κ1) is 19.4. The number of nitrogen functional groups attached to an aromatic ring is 1. The van der Waals surface area contributed by atoms with Crippen molar-refractivity contribution in [1.29, 1.82) is 0 Å². The van der Waals surface area contributed by atoms with Crippen molar-refractivity contribution in [3.63, 3.8) is 0 Å². The first-order valence-corrected chi connectivity index (χ1v) is 9.43. The fourth-order valence-electron chi connectivity index (χ4n) is 3.68. The molecule has 0 radical (unpaired) electrons. The molecule has 3 N–H and O–H groups in total. The molecule has 0 aliphatic carbocycles. The van der Waals surface area contributed by atoms with Crippen LogP contribution >= 0.6 is 0 Å². The molecule has 150 valence electrons. The number of pyridine rings is 1. The summed E-state index contributed by atoms with van der Waals surface area (Å²) in [4.78, 5) is 26.2. The molecular weight excluding hydrogens is 381 g/mol. The Bertz CT molecular complexity index is 1270. The van der Waals surface area contributed by atoms with E-state index in [4.69, 9.17) is 5.73 Å². The topological polar surface area (TPSA) is 76.6 Å². The van der Waals surface area contributed by atoms with Gasteiger partial charge in [0.25, 0.3) is 5.91 Å². The normalized spacial score (nSPS) is 10.9. The predicted molar refractivity (Wildman–Crippen MR) is 116 cm³/mol. The van der Waals surface area contributed by atoms with Gasteiger partial charge in [0.2, 0.25) is 5.78 Å². The van der Waals surface area contributed by atoms with Gasteiger partial charge in [0.05, 0.1) is 16.8 Å². The predicted octanol–water partition coefficient (Wildman–Crippen LogP) is 4.76. The average molecular weight is 401 g/mol. The van der Waals surface area contributed by atoms with Crippen molar-refractivity contribution in [2.24, 2.45) is 0 Å². The number of hydrogen-bond donors (Lipinski definition) is 2. The Balaban J connectivity index is 1.81. The molecule has 0 spiro atoms. The number of rotatable bonds is 4. The number of anilines is 2. The number of benzene rings is 2. The average Bonchev–Trinajstić information content (AvgIpc) is 2.99. The van der Waals surface area contributed by atoms with Crippen LogP contribution in [0, 0.1) is 19.7 Å². The number of nitrogens with two attached hydrogens (primary N) is 1. The van der Waals surface area contributed by atoms with Crippen molar-refractivity contribution in [1.82, 2.24) is 4.40 Å². The number of nitrogens with zero attached hydrogens (tertiary/aromatic N) is 1. The van der Waals surface area contributed by atoms with Gasteiger partial charge in [-0.05, 0) is 73.5 Å². The molecule has 0 fully saturated rings. The van der Waals surface area contributed by atoms with Gasteiger partial charge >= 0.3 is 0 Å². The summed E-state index contributed by atoms with van der Waals surface area (Å²) in [5.41, 5.74) is 10.3. The standard InChI is InChI=1S/C24H20FN3O2/c1-14-11-15(2)13-18(12-14)27-24(30)20-19-5-3-4-10-28(19)22(21(20)26)23(29)16-6-8-17(25)9-7-16/h3-13H,26H2,1-2H3,(H,27,30). The molecule has 0 saturated heterocycles. The molecule has 4 aromatic rings. The second-order valence-corrected chi connectivity index (χ2v) is 7.26. The molecule has 0 bridgehead atoms. The molecule has 2 aromatic heterocycles. The Morgan fingerprint density at radius 3 is 2.30 bits per heavy atom. The molecule has 0 atom stereocenters. The molecular formula is C24H20FN3O2. The van der Waals surface area contributed by atoms with Gasteiger partial charge in [0.1, 0.15) is 11.5 Å². The van der Waals surface area contributed by atoms with Gasteiger partial charge in [-0.2, -0.15) is 0 Å². The zero-order chi connectivity index (χ0) is 21.4. The third-order valence-corrected chi connectivity index (χ3v) is 4.91. The van der Waals surface area contributed by atoms with Gasteiger partial charge in [-0.15, -0.1) is 0 Å². The Morgan fingerprint density at radius 1 is 0.967 bits per heavy atom. The van der Waals surface area contributed by atoms with Crippen LogP contribution in [0.1, 0.15) is 37.5 Å². The van der Waals surface area contributed by atoms with E-state index in [-0.39, 0.29) is 28.3 Å². The van der Waals surface area contributed by atoms with E-state index in [1.807, 2.05) is 32.0 Å². The van der Waals surface area contributed by atoms with Crippen molar-refractivity contribution < 1.29 is 14.0 Å². The number of hydrogen-bond acceptors (Lipinski definition) is 3. The minimum Gasteiger partial charge on any atom is -0.396 e. The first-order chi connectivity index (χ1) is 14.3. The summed E-state index contributed by atoms with van der Waals surface area (Å²) >= 11 is 0. The molecule has 4 rings (SSSR count). The number of aromatic nitrogens is 1. The summed E-state index contributed by atoms with van der Waals surface area (Å²) in [6.07, 6.45) is 1.68. The van der Waals surface area contributed by atoms with Crippen LogP contribution in [0.5, 0.6) is 0 Å². The van der Waals surface area contributed by atoms with Crippen LogP contribution in [-0.2, 0) is 0 Å². The number of carbonyl (C=O) groups is 2. The zero-order valence-corrected chi connectivity index (χ0v) is 16.6. The zero-order valence-electron chi connectivity index (χ0n) is 16.6. The third-order valence-electron chi connectivity index (χ3n) is 4.91. The Morgan fingerprint density at radius 2 is 1.63 bits per heavy atom. The van der Waals surface area contributed by atoms with E-state index in [9.17, 15) is 14.0 Å². The largest absolute Gasteiger partial charge is 0.396 e. The molecule has 0 unspecified atom stereocenters. The number of amides is 1. The highest BCUT2D eigenvalue weighted by Gasteiger charge is 2.26. The van der Waals surface area contributed by atoms with Crippen LogP contribution in [0.4, 0.5) is 15.8 Å². The highest BCUT2D eigenvalue weighted by Crippen LogP contribution is 2.29. The van der Waals surface area contributed by atoms with E-state index in [0.29, 0.717) is 11.2 Å². The fourth-order valence-corrected chi connectivity index (χ4v) is 3.68. The van der Waals surface area contributed by atoms with E-state index >= 15 is 0 Å². The first-order valence-electron chi connectivity index (χ1n) is 9.43. The quantitative estimate of drug-likeness (QED) is 0.484. The van der Waals surface area contributed by atoms with E-state index in [0.717, 1.165) is 11.1 Å². The lowest BCUT2D eigenvalue weighted by Gasteiger charge is -2.08. The third kappa shape index (κ3) is 3.43. The number of fused-ring (bicyclic) bond motifs is 1. The summed E-state index contributed by atoms with van der Waals surface area (Å²) in [5, 5.41) is 2.88. The molecule has 1 amide bonds. The monoisotopic (exact) mass is 401 g/mol. The fraction of sp³-hybridized carbons (Fsp3) is 0.0833. The highest BCUT2D eigenvalue weighted by atomic mass is 19.1. The second kappa shape index (κ2) is 7.48. The minimum absolute atomic E-state index is 0.0809.